The lowest BCUT2D eigenvalue weighted by Crippen LogP contribution is -2.30. The molecule has 124 valence electrons. The number of aliphatic hydroxyl groups is 1. The van der Waals surface area contributed by atoms with Gasteiger partial charge >= 0.3 is 0 Å². The van der Waals surface area contributed by atoms with Gasteiger partial charge in [-0.3, -0.25) is 4.79 Å². The van der Waals surface area contributed by atoms with E-state index in [1.54, 1.807) is 12.1 Å². The monoisotopic (exact) mass is 334 g/mol. The standard InChI is InChI=1S/C18H22N2O2.ClH/c19-17-8-6-14(7-9-17)12-18(22)20-13-16(10-11-21)15-4-2-1-3-5-15;/h1-9,16,21H,10-13,19H2,(H,20,22);1H. The van der Waals surface area contributed by atoms with Crippen LogP contribution < -0.4 is 11.1 Å². The van der Waals surface area contributed by atoms with Crippen LogP contribution in [0.15, 0.2) is 54.6 Å². The van der Waals surface area contributed by atoms with Crippen molar-refractivity contribution in [3.8, 4) is 0 Å². The third kappa shape index (κ3) is 6.30. The van der Waals surface area contributed by atoms with Crippen LogP contribution >= 0.6 is 12.4 Å². The van der Waals surface area contributed by atoms with E-state index < -0.39 is 0 Å². The fraction of sp³-hybridized carbons (Fsp3) is 0.278. The molecular formula is C18H23ClN2O2. The summed E-state index contributed by atoms with van der Waals surface area (Å²) in [6, 6.07) is 17.2. The topological polar surface area (TPSA) is 75.4 Å². The molecule has 0 aromatic heterocycles. The van der Waals surface area contributed by atoms with Gasteiger partial charge in [0.25, 0.3) is 0 Å². The number of halogens is 1. The number of carbonyl (C=O) groups is 1. The van der Waals surface area contributed by atoms with Gasteiger partial charge < -0.3 is 16.2 Å². The molecule has 1 unspecified atom stereocenters. The summed E-state index contributed by atoms with van der Waals surface area (Å²) in [7, 11) is 0. The fourth-order valence-corrected chi connectivity index (χ4v) is 2.39. The molecule has 4 N–H and O–H groups in total. The van der Waals surface area contributed by atoms with Crippen LogP contribution in [0.5, 0.6) is 0 Å². The first-order valence-corrected chi connectivity index (χ1v) is 7.46. The largest absolute Gasteiger partial charge is 0.399 e. The molecule has 0 aliphatic heterocycles. The number of aliphatic hydroxyl groups excluding tert-OH is 1. The van der Waals surface area contributed by atoms with Gasteiger partial charge in [-0.05, 0) is 29.7 Å². The van der Waals surface area contributed by atoms with Gasteiger partial charge in [-0.2, -0.15) is 0 Å². The van der Waals surface area contributed by atoms with Crippen molar-refractivity contribution in [3.63, 3.8) is 0 Å². The Morgan fingerprint density at radius 1 is 1.09 bits per heavy atom. The number of benzene rings is 2. The van der Waals surface area contributed by atoms with E-state index in [0.717, 1.165) is 11.1 Å². The second-order valence-corrected chi connectivity index (χ2v) is 5.34. The zero-order chi connectivity index (χ0) is 15.8. The molecule has 23 heavy (non-hydrogen) atoms. The number of nitrogens with two attached hydrogens (primary N) is 1. The number of nitrogen functional groups attached to an aromatic ring is 1. The fourth-order valence-electron chi connectivity index (χ4n) is 2.39. The number of rotatable bonds is 7. The van der Waals surface area contributed by atoms with Gasteiger partial charge in [0, 0.05) is 24.8 Å². The van der Waals surface area contributed by atoms with E-state index in [4.69, 9.17) is 5.73 Å². The molecule has 0 spiro atoms. The van der Waals surface area contributed by atoms with Crippen LogP contribution in [0.3, 0.4) is 0 Å². The van der Waals surface area contributed by atoms with Crippen molar-refractivity contribution in [2.45, 2.75) is 18.8 Å². The molecule has 2 aromatic carbocycles. The Morgan fingerprint density at radius 2 is 1.74 bits per heavy atom. The van der Waals surface area contributed by atoms with Crippen molar-refractivity contribution < 1.29 is 9.90 Å². The van der Waals surface area contributed by atoms with Gasteiger partial charge in [0.2, 0.25) is 5.91 Å². The molecule has 0 aliphatic carbocycles. The van der Waals surface area contributed by atoms with E-state index in [-0.39, 0.29) is 30.8 Å². The van der Waals surface area contributed by atoms with Gasteiger partial charge in [-0.1, -0.05) is 42.5 Å². The smallest absolute Gasteiger partial charge is 0.224 e. The zero-order valence-electron chi connectivity index (χ0n) is 12.9. The summed E-state index contributed by atoms with van der Waals surface area (Å²) in [6.07, 6.45) is 0.965. The third-order valence-electron chi connectivity index (χ3n) is 3.64. The van der Waals surface area contributed by atoms with Gasteiger partial charge in [0.1, 0.15) is 0 Å². The molecule has 0 radical (unpaired) electrons. The number of nitrogens with one attached hydrogen (secondary N) is 1. The Hall–Kier alpha value is -2.04. The molecule has 4 nitrogen and oxygen atoms in total. The predicted molar refractivity (Wildman–Crippen MR) is 95.7 cm³/mol. The van der Waals surface area contributed by atoms with E-state index in [1.807, 2.05) is 42.5 Å². The molecule has 0 bridgehead atoms. The van der Waals surface area contributed by atoms with E-state index in [2.05, 4.69) is 5.32 Å². The summed E-state index contributed by atoms with van der Waals surface area (Å²) in [5.41, 5.74) is 8.38. The Bertz CT molecular complexity index is 588. The predicted octanol–water partition coefficient (Wildman–Crippen LogP) is 2.52. The Balaban J connectivity index is 0.00000264. The summed E-state index contributed by atoms with van der Waals surface area (Å²) in [6.45, 7) is 0.631. The summed E-state index contributed by atoms with van der Waals surface area (Å²) in [4.78, 5) is 12.0. The second-order valence-electron chi connectivity index (χ2n) is 5.34. The maximum absolute atomic E-state index is 12.0. The molecular weight excluding hydrogens is 312 g/mol. The van der Waals surface area contributed by atoms with Crippen LogP contribution in [0.1, 0.15) is 23.5 Å². The Kier molecular flexibility index (Phi) is 8.16. The van der Waals surface area contributed by atoms with Crippen LogP contribution in [0.2, 0.25) is 0 Å². The average Bonchev–Trinajstić information content (AvgIpc) is 2.54. The first-order chi connectivity index (χ1) is 10.7. The van der Waals surface area contributed by atoms with Crippen LogP contribution in [-0.2, 0) is 11.2 Å². The molecule has 1 amide bonds. The first kappa shape index (κ1) is 19.0. The SMILES string of the molecule is Cl.Nc1ccc(CC(=O)NCC(CCO)c2ccccc2)cc1. The number of anilines is 1. The quantitative estimate of drug-likeness (QED) is 0.681. The molecule has 2 rings (SSSR count). The van der Waals surface area contributed by atoms with Gasteiger partial charge in [0.05, 0.1) is 6.42 Å². The van der Waals surface area contributed by atoms with Crippen LogP contribution in [0.4, 0.5) is 5.69 Å². The summed E-state index contributed by atoms with van der Waals surface area (Å²) in [5, 5.41) is 12.1. The third-order valence-corrected chi connectivity index (χ3v) is 3.64. The van der Waals surface area contributed by atoms with Crippen molar-refractivity contribution in [1.82, 2.24) is 5.32 Å². The minimum absolute atomic E-state index is 0. The molecule has 1 atom stereocenters. The van der Waals surface area contributed by atoms with Crippen LogP contribution in [0.25, 0.3) is 0 Å². The van der Waals surface area contributed by atoms with Gasteiger partial charge in [0.15, 0.2) is 0 Å². The minimum atomic E-state index is -0.0244. The number of hydrogen-bond donors (Lipinski definition) is 3. The molecule has 0 saturated heterocycles. The minimum Gasteiger partial charge on any atom is -0.399 e. The molecule has 0 heterocycles. The molecule has 2 aromatic rings. The number of carbonyl (C=O) groups excluding carboxylic acids is 1. The van der Waals surface area contributed by atoms with Crippen molar-refractivity contribution in [2.75, 3.05) is 18.9 Å². The highest BCUT2D eigenvalue weighted by Gasteiger charge is 2.12. The number of hydrogen-bond acceptors (Lipinski definition) is 3. The lowest BCUT2D eigenvalue weighted by molar-refractivity contribution is -0.120. The van der Waals surface area contributed by atoms with E-state index in [9.17, 15) is 9.90 Å². The van der Waals surface area contributed by atoms with E-state index >= 15 is 0 Å². The van der Waals surface area contributed by atoms with Crippen molar-refractivity contribution in [1.29, 1.82) is 0 Å². The summed E-state index contributed by atoms with van der Waals surface area (Å²) >= 11 is 0. The van der Waals surface area contributed by atoms with Crippen LogP contribution in [-0.4, -0.2) is 24.2 Å². The zero-order valence-corrected chi connectivity index (χ0v) is 13.8. The molecule has 0 aliphatic rings. The van der Waals surface area contributed by atoms with Crippen molar-refractivity contribution >= 4 is 24.0 Å². The molecule has 0 saturated carbocycles. The van der Waals surface area contributed by atoms with Gasteiger partial charge in [-0.25, -0.2) is 0 Å². The van der Waals surface area contributed by atoms with Crippen LogP contribution in [0, 0.1) is 0 Å². The van der Waals surface area contributed by atoms with Gasteiger partial charge in [-0.15, -0.1) is 12.4 Å². The van der Waals surface area contributed by atoms with Crippen molar-refractivity contribution in [2.24, 2.45) is 0 Å². The average molecular weight is 335 g/mol. The van der Waals surface area contributed by atoms with Crippen molar-refractivity contribution in [3.05, 3.63) is 65.7 Å². The maximum Gasteiger partial charge on any atom is 0.224 e. The highest BCUT2D eigenvalue weighted by molar-refractivity contribution is 5.85. The number of amides is 1. The molecule has 5 heteroatoms. The Labute approximate surface area is 143 Å². The van der Waals surface area contributed by atoms with E-state index in [0.29, 0.717) is 25.1 Å². The molecule has 0 fully saturated rings. The van der Waals surface area contributed by atoms with E-state index in [1.165, 1.54) is 0 Å². The highest BCUT2D eigenvalue weighted by Crippen LogP contribution is 2.18. The lowest BCUT2D eigenvalue weighted by atomic mass is 9.96. The normalized spacial score (nSPS) is 11.3. The first-order valence-electron chi connectivity index (χ1n) is 7.46. The highest BCUT2D eigenvalue weighted by atomic mass is 35.5. The summed E-state index contributed by atoms with van der Waals surface area (Å²) in [5.74, 6) is 0.102. The maximum atomic E-state index is 12.0. The lowest BCUT2D eigenvalue weighted by Gasteiger charge is -2.17. The Morgan fingerprint density at radius 3 is 2.35 bits per heavy atom. The summed E-state index contributed by atoms with van der Waals surface area (Å²) < 4.78 is 0. The second kappa shape index (κ2) is 9.87.